The molecule has 18 heavy (non-hydrogen) atoms. The Bertz CT molecular complexity index is 394. The largest absolute Gasteiger partial charge is 0.394 e. The molecule has 0 aliphatic carbocycles. The van der Waals surface area contributed by atoms with E-state index >= 15 is 0 Å². The number of benzene rings is 1. The van der Waals surface area contributed by atoms with Gasteiger partial charge in [-0.05, 0) is 24.8 Å². The zero-order chi connectivity index (χ0) is 13.0. The molecule has 1 aromatic rings. The summed E-state index contributed by atoms with van der Waals surface area (Å²) in [5.74, 6) is -0.0459. The van der Waals surface area contributed by atoms with Crippen molar-refractivity contribution in [2.75, 3.05) is 13.2 Å². The fourth-order valence-corrected chi connectivity index (χ4v) is 2.48. The van der Waals surface area contributed by atoms with E-state index in [0.29, 0.717) is 13.0 Å². The average molecular weight is 248 g/mol. The van der Waals surface area contributed by atoms with Gasteiger partial charge in [-0.15, -0.1) is 0 Å². The first-order chi connectivity index (χ1) is 8.72. The maximum absolute atomic E-state index is 12.2. The quantitative estimate of drug-likeness (QED) is 0.817. The minimum absolute atomic E-state index is 0.0315. The SMILES string of the molecule is NC(Cc1ccccc1)C(=O)N1CCCC1CO. The molecule has 2 atom stereocenters. The molecule has 2 rings (SSSR count). The van der Waals surface area contributed by atoms with Crippen molar-refractivity contribution in [3.8, 4) is 0 Å². The van der Waals surface area contributed by atoms with E-state index in [9.17, 15) is 9.90 Å². The minimum atomic E-state index is -0.514. The van der Waals surface area contributed by atoms with Gasteiger partial charge in [0.15, 0.2) is 0 Å². The summed E-state index contributed by atoms with van der Waals surface area (Å²) in [5.41, 5.74) is 7.04. The van der Waals surface area contributed by atoms with Crippen LogP contribution in [0, 0.1) is 0 Å². The van der Waals surface area contributed by atoms with Crippen molar-refractivity contribution in [1.29, 1.82) is 0 Å². The minimum Gasteiger partial charge on any atom is -0.394 e. The van der Waals surface area contributed by atoms with Gasteiger partial charge in [-0.25, -0.2) is 0 Å². The molecule has 98 valence electrons. The molecule has 4 heteroatoms. The van der Waals surface area contributed by atoms with Crippen molar-refractivity contribution in [1.82, 2.24) is 4.90 Å². The van der Waals surface area contributed by atoms with Gasteiger partial charge in [-0.1, -0.05) is 30.3 Å². The van der Waals surface area contributed by atoms with Crippen LogP contribution in [0.25, 0.3) is 0 Å². The molecule has 1 heterocycles. The smallest absolute Gasteiger partial charge is 0.240 e. The van der Waals surface area contributed by atoms with Crippen molar-refractivity contribution >= 4 is 5.91 Å². The Balaban J connectivity index is 1.96. The van der Waals surface area contributed by atoms with Gasteiger partial charge in [0.2, 0.25) is 5.91 Å². The molecular weight excluding hydrogens is 228 g/mol. The topological polar surface area (TPSA) is 66.6 Å². The summed E-state index contributed by atoms with van der Waals surface area (Å²) in [7, 11) is 0. The first-order valence-electron chi connectivity index (χ1n) is 6.43. The fraction of sp³-hybridized carbons (Fsp3) is 0.500. The molecule has 1 fully saturated rings. The van der Waals surface area contributed by atoms with Gasteiger partial charge in [0.25, 0.3) is 0 Å². The fourth-order valence-electron chi connectivity index (χ4n) is 2.48. The van der Waals surface area contributed by atoms with Gasteiger partial charge in [-0.3, -0.25) is 4.79 Å². The lowest BCUT2D eigenvalue weighted by atomic mass is 10.1. The number of nitrogens with two attached hydrogens (primary N) is 1. The molecule has 0 radical (unpaired) electrons. The highest BCUT2D eigenvalue weighted by Gasteiger charge is 2.30. The van der Waals surface area contributed by atoms with E-state index in [2.05, 4.69) is 0 Å². The molecule has 0 spiro atoms. The highest BCUT2D eigenvalue weighted by atomic mass is 16.3. The van der Waals surface area contributed by atoms with E-state index in [1.807, 2.05) is 30.3 Å². The summed E-state index contributed by atoms with van der Waals surface area (Å²) in [6, 6.07) is 9.22. The predicted molar refractivity (Wildman–Crippen MR) is 69.9 cm³/mol. The average Bonchev–Trinajstić information content (AvgIpc) is 2.87. The number of aliphatic hydroxyl groups is 1. The van der Waals surface area contributed by atoms with Crippen molar-refractivity contribution in [2.24, 2.45) is 5.73 Å². The van der Waals surface area contributed by atoms with Crippen LogP contribution in [0.15, 0.2) is 30.3 Å². The maximum atomic E-state index is 12.2. The normalized spacial score (nSPS) is 21.0. The monoisotopic (exact) mass is 248 g/mol. The predicted octanol–water partition coefficient (Wildman–Crippen LogP) is 0.540. The second-order valence-corrected chi connectivity index (χ2v) is 4.81. The van der Waals surface area contributed by atoms with Crippen LogP contribution in [0.4, 0.5) is 0 Å². The lowest BCUT2D eigenvalue weighted by molar-refractivity contribution is -0.134. The van der Waals surface area contributed by atoms with Gasteiger partial charge >= 0.3 is 0 Å². The summed E-state index contributed by atoms with van der Waals surface area (Å²) in [4.78, 5) is 13.9. The van der Waals surface area contributed by atoms with Gasteiger partial charge in [0.05, 0.1) is 18.7 Å². The lowest BCUT2D eigenvalue weighted by Gasteiger charge is -2.26. The van der Waals surface area contributed by atoms with Crippen LogP contribution in [0.2, 0.25) is 0 Å². The van der Waals surface area contributed by atoms with Crippen LogP contribution >= 0.6 is 0 Å². The zero-order valence-electron chi connectivity index (χ0n) is 10.5. The van der Waals surface area contributed by atoms with E-state index in [-0.39, 0.29) is 18.6 Å². The Kier molecular flexibility index (Phi) is 4.33. The number of likely N-dealkylation sites (tertiary alicyclic amines) is 1. The van der Waals surface area contributed by atoms with Gasteiger partial charge < -0.3 is 15.7 Å². The summed E-state index contributed by atoms with van der Waals surface area (Å²) in [6.45, 7) is 0.746. The lowest BCUT2D eigenvalue weighted by Crippen LogP contribution is -2.47. The van der Waals surface area contributed by atoms with Crippen LogP contribution < -0.4 is 5.73 Å². The van der Waals surface area contributed by atoms with Gasteiger partial charge in [0, 0.05) is 6.54 Å². The van der Waals surface area contributed by atoms with E-state index in [0.717, 1.165) is 18.4 Å². The molecule has 0 bridgehead atoms. The molecule has 1 aliphatic rings. The molecule has 0 aromatic heterocycles. The molecule has 4 nitrogen and oxygen atoms in total. The summed E-state index contributed by atoms with van der Waals surface area (Å²) in [6.07, 6.45) is 2.38. The Morgan fingerprint density at radius 3 is 2.83 bits per heavy atom. The zero-order valence-corrected chi connectivity index (χ0v) is 10.5. The van der Waals surface area contributed by atoms with E-state index in [1.54, 1.807) is 4.90 Å². The van der Waals surface area contributed by atoms with E-state index in [1.165, 1.54) is 0 Å². The van der Waals surface area contributed by atoms with Crippen molar-refractivity contribution < 1.29 is 9.90 Å². The second kappa shape index (κ2) is 5.98. The summed E-state index contributed by atoms with van der Waals surface area (Å²) >= 11 is 0. The number of aliphatic hydroxyl groups excluding tert-OH is 1. The number of rotatable bonds is 4. The third kappa shape index (κ3) is 2.89. The number of carbonyl (C=O) groups is 1. The summed E-state index contributed by atoms with van der Waals surface area (Å²) in [5, 5.41) is 9.22. The third-order valence-electron chi connectivity index (χ3n) is 3.49. The number of hydrogen-bond acceptors (Lipinski definition) is 3. The van der Waals surface area contributed by atoms with Crippen molar-refractivity contribution in [3.05, 3.63) is 35.9 Å². The van der Waals surface area contributed by atoms with Crippen LogP contribution in [0.3, 0.4) is 0 Å². The first kappa shape index (κ1) is 13.1. The van der Waals surface area contributed by atoms with Crippen molar-refractivity contribution in [3.63, 3.8) is 0 Å². The Labute approximate surface area is 107 Å². The molecular formula is C14H20N2O2. The number of nitrogens with zero attached hydrogens (tertiary/aromatic N) is 1. The molecule has 1 aliphatic heterocycles. The molecule has 0 saturated carbocycles. The van der Waals surface area contributed by atoms with Crippen LogP contribution in [-0.4, -0.2) is 41.1 Å². The molecule has 3 N–H and O–H groups in total. The third-order valence-corrected chi connectivity index (χ3v) is 3.49. The van der Waals surface area contributed by atoms with Gasteiger partial charge in [-0.2, -0.15) is 0 Å². The van der Waals surface area contributed by atoms with E-state index < -0.39 is 6.04 Å². The summed E-state index contributed by atoms with van der Waals surface area (Å²) < 4.78 is 0. The van der Waals surface area contributed by atoms with Crippen LogP contribution in [-0.2, 0) is 11.2 Å². The maximum Gasteiger partial charge on any atom is 0.240 e. The number of carbonyl (C=O) groups excluding carboxylic acids is 1. The Morgan fingerprint density at radius 2 is 2.17 bits per heavy atom. The van der Waals surface area contributed by atoms with Crippen molar-refractivity contribution in [2.45, 2.75) is 31.3 Å². The van der Waals surface area contributed by atoms with Crippen LogP contribution in [0.1, 0.15) is 18.4 Å². The second-order valence-electron chi connectivity index (χ2n) is 4.81. The standard InChI is InChI=1S/C14H20N2O2/c15-13(9-11-5-2-1-3-6-11)14(18)16-8-4-7-12(16)10-17/h1-3,5-6,12-13,17H,4,7-10,15H2. The Hall–Kier alpha value is -1.39. The van der Waals surface area contributed by atoms with E-state index in [4.69, 9.17) is 5.73 Å². The number of hydrogen-bond donors (Lipinski definition) is 2. The number of amides is 1. The first-order valence-corrected chi connectivity index (χ1v) is 6.43. The molecule has 2 unspecified atom stereocenters. The molecule has 1 amide bonds. The highest BCUT2D eigenvalue weighted by Crippen LogP contribution is 2.18. The molecule has 1 aromatic carbocycles. The Morgan fingerprint density at radius 1 is 1.44 bits per heavy atom. The highest BCUT2D eigenvalue weighted by molar-refractivity contribution is 5.82. The van der Waals surface area contributed by atoms with Gasteiger partial charge in [0.1, 0.15) is 0 Å². The van der Waals surface area contributed by atoms with Crippen LogP contribution in [0.5, 0.6) is 0 Å². The molecule has 1 saturated heterocycles.